The maximum atomic E-state index is 4.21. The molecule has 2 unspecified atom stereocenters. The molecule has 0 aliphatic carbocycles. The molecule has 1 N–H and O–H groups in total. The predicted molar refractivity (Wildman–Crippen MR) is 79.0 cm³/mol. The van der Waals surface area contributed by atoms with Crippen molar-refractivity contribution in [2.75, 3.05) is 18.6 Å². The number of hydrogen-bond donors (Lipinski definition) is 1. The minimum atomic E-state index is 0.464. The molecule has 0 amide bonds. The van der Waals surface area contributed by atoms with E-state index >= 15 is 0 Å². The Labute approximate surface area is 112 Å². The lowest BCUT2D eigenvalue weighted by Crippen LogP contribution is -2.25. The van der Waals surface area contributed by atoms with Crippen LogP contribution in [0.4, 0.5) is 0 Å². The average Bonchev–Trinajstić information content (AvgIpc) is 2.94. The first-order valence-electron chi connectivity index (χ1n) is 6.48. The van der Waals surface area contributed by atoms with Crippen molar-refractivity contribution in [2.24, 2.45) is 5.92 Å². The number of thioether (sulfide) groups is 1. The summed E-state index contributed by atoms with van der Waals surface area (Å²) in [6.07, 6.45) is 5.16. The van der Waals surface area contributed by atoms with Crippen molar-refractivity contribution in [1.82, 2.24) is 10.3 Å². The van der Waals surface area contributed by atoms with Crippen molar-refractivity contribution in [2.45, 2.75) is 12.5 Å². The second-order valence-electron chi connectivity index (χ2n) is 4.83. The highest BCUT2D eigenvalue weighted by Gasteiger charge is 2.26. The zero-order valence-electron chi connectivity index (χ0n) is 10.6. The number of pyridine rings is 1. The lowest BCUT2D eigenvalue weighted by atomic mass is 9.90. The van der Waals surface area contributed by atoms with Gasteiger partial charge in [0.25, 0.3) is 0 Å². The highest BCUT2D eigenvalue weighted by molar-refractivity contribution is 7.99. The summed E-state index contributed by atoms with van der Waals surface area (Å²) in [6, 6.07) is 9.14. The molecule has 1 aliphatic rings. The molecule has 0 radical (unpaired) electrons. The van der Waals surface area contributed by atoms with Crippen LogP contribution in [0.2, 0.25) is 0 Å². The van der Waals surface area contributed by atoms with Gasteiger partial charge in [0.2, 0.25) is 0 Å². The molecular formula is C15H18N2S. The van der Waals surface area contributed by atoms with Gasteiger partial charge in [0.1, 0.15) is 0 Å². The summed E-state index contributed by atoms with van der Waals surface area (Å²) in [6.45, 7) is 0. The number of hydrogen-bond acceptors (Lipinski definition) is 3. The standard InChI is InChI=1S/C15H18N2S/c1-16-15(12-6-8-18-10-12)14-4-2-3-11-9-17-7-5-13(11)14/h2-5,7,9,12,15-16H,6,8,10H2,1H3. The van der Waals surface area contributed by atoms with Crippen LogP contribution in [0, 0.1) is 5.92 Å². The maximum Gasteiger partial charge on any atom is 0.0360 e. The summed E-state index contributed by atoms with van der Waals surface area (Å²) in [5.41, 5.74) is 1.42. The van der Waals surface area contributed by atoms with Gasteiger partial charge in [-0.3, -0.25) is 4.98 Å². The minimum absolute atomic E-state index is 0.464. The van der Waals surface area contributed by atoms with E-state index in [1.54, 1.807) is 0 Å². The fraction of sp³-hybridized carbons (Fsp3) is 0.400. The third-order valence-electron chi connectivity index (χ3n) is 3.80. The van der Waals surface area contributed by atoms with E-state index < -0.39 is 0 Å². The minimum Gasteiger partial charge on any atom is -0.313 e. The van der Waals surface area contributed by atoms with Crippen LogP contribution in [0.3, 0.4) is 0 Å². The number of nitrogens with one attached hydrogen (secondary N) is 1. The number of fused-ring (bicyclic) bond motifs is 1. The van der Waals surface area contributed by atoms with Crippen molar-refractivity contribution in [3.8, 4) is 0 Å². The molecule has 1 fully saturated rings. The third-order valence-corrected chi connectivity index (χ3v) is 4.99. The van der Waals surface area contributed by atoms with Gasteiger partial charge in [-0.15, -0.1) is 0 Å². The van der Waals surface area contributed by atoms with Crippen LogP contribution in [0.15, 0.2) is 36.7 Å². The monoisotopic (exact) mass is 258 g/mol. The van der Waals surface area contributed by atoms with Crippen LogP contribution in [0.25, 0.3) is 10.8 Å². The zero-order chi connectivity index (χ0) is 12.4. The Morgan fingerprint density at radius 3 is 3.11 bits per heavy atom. The molecule has 2 heterocycles. The van der Waals surface area contributed by atoms with Gasteiger partial charge >= 0.3 is 0 Å². The van der Waals surface area contributed by atoms with E-state index in [0.717, 1.165) is 5.92 Å². The van der Waals surface area contributed by atoms with Gasteiger partial charge in [-0.2, -0.15) is 11.8 Å². The lowest BCUT2D eigenvalue weighted by Gasteiger charge is -2.24. The fourth-order valence-corrected chi connectivity index (χ4v) is 4.18. The first-order valence-corrected chi connectivity index (χ1v) is 7.63. The molecule has 1 saturated heterocycles. The van der Waals surface area contributed by atoms with Gasteiger partial charge in [0.05, 0.1) is 0 Å². The quantitative estimate of drug-likeness (QED) is 0.915. The number of rotatable bonds is 3. The van der Waals surface area contributed by atoms with Crippen LogP contribution in [0.1, 0.15) is 18.0 Å². The van der Waals surface area contributed by atoms with Gasteiger partial charge in [0.15, 0.2) is 0 Å². The molecule has 0 spiro atoms. The summed E-state index contributed by atoms with van der Waals surface area (Å²) in [5, 5.41) is 6.09. The van der Waals surface area contributed by atoms with Crippen molar-refractivity contribution in [1.29, 1.82) is 0 Å². The summed E-state index contributed by atoms with van der Waals surface area (Å²) in [4.78, 5) is 4.21. The first-order chi connectivity index (χ1) is 8.90. The van der Waals surface area contributed by atoms with Crippen molar-refractivity contribution < 1.29 is 0 Å². The Balaban J connectivity index is 2.06. The second kappa shape index (κ2) is 5.29. The molecule has 1 aromatic heterocycles. The van der Waals surface area contributed by atoms with Crippen LogP contribution in [-0.4, -0.2) is 23.5 Å². The Hall–Kier alpha value is -1.06. The second-order valence-corrected chi connectivity index (χ2v) is 5.98. The number of aromatic nitrogens is 1. The summed E-state index contributed by atoms with van der Waals surface area (Å²) in [7, 11) is 2.08. The average molecular weight is 258 g/mol. The van der Waals surface area contributed by atoms with E-state index in [9.17, 15) is 0 Å². The molecular weight excluding hydrogens is 240 g/mol. The smallest absolute Gasteiger partial charge is 0.0360 e. The topological polar surface area (TPSA) is 24.9 Å². The maximum absolute atomic E-state index is 4.21. The Morgan fingerprint density at radius 1 is 1.39 bits per heavy atom. The normalized spacial score (nSPS) is 21.3. The van der Waals surface area contributed by atoms with Gasteiger partial charge in [-0.25, -0.2) is 0 Å². The highest BCUT2D eigenvalue weighted by atomic mass is 32.2. The van der Waals surface area contributed by atoms with E-state index in [1.807, 2.05) is 12.4 Å². The van der Waals surface area contributed by atoms with Gasteiger partial charge < -0.3 is 5.32 Å². The summed E-state index contributed by atoms with van der Waals surface area (Å²) >= 11 is 2.07. The molecule has 18 heavy (non-hydrogen) atoms. The molecule has 1 aromatic carbocycles. The van der Waals surface area contributed by atoms with Crippen LogP contribution >= 0.6 is 11.8 Å². The van der Waals surface area contributed by atoms with E-state index in [0.29, 0.717) is 6.04 Å². The Kier molecular flexibility index (Phi) is 3.52. The molecule has 2 atom stereocenters. The first kappa shape index (κ1) is 12.0. The van der Waals surface area contributed by atoms with E-state index in [2.05, 4.69) is 53.4 Å². The lowest BCUT2D eigenvalue weighted by molar-refractivity contribution is 0.422. The van der Waals surface area contributed by atoms with E-state index in [1.165, 1.54) is 34.3 Å². The van der Waals surface area contributed by atoms with Gasteiger partial charge in [-0.05, 0) is 47.9 Å². The van der Waals surface area contributed by atoms with Crippen molar-refractivity contribution >= 4 is 22.5 Å². The number of nitrogens with zero attached hydrogens (tertiary/aromatic N) is 1. The molecule has 94 valence electrons. The Morgan fingerprint density at radius 2 is 2.33 bits per heavy atom. The Bertz CT molecular complexity index is 530. The molecule has 3 rings (SSSR count). The summed E-state index contributed by atoms with van der Waals surface area (Å²) in [5.74, 6) is 3.32. The fourth-order valence-electron chi connectivity index (χ4n) is 2.88. The molecule has 1 aliphatic heterocycles. The van der Waals surface area contributed by atoms with Crippen LogP contribution in [-0.2, 0) is 0 Å². The SMILES string of the molecule is CNC(c1cccc2cnccc12)C1CCSC1. The van der Waals surface area contributed by atoms with Gasteiger partial charge in [-0.1, -0.05) is 18.2 Å². The largest absolute Gasteiger partial charge is 0.313 e. The van der Waals surface area contributed by atoms with Crippen LogP contribution < -0.4 is 5.32 Å². The molecule has 2 aromatic rings. The molecule has 0 saturated carbocycles. The van der Waals surface area contributed by atoms with Crippen molar-refractivity contribution in [3.63, 3.8) is 0 Å². The zero-order valence-corrected chi connectivity index (χ0v) is 11.4. The number of benzene rings is 1. The van der Waals surface area contributed by atoms with Gasteiger partial charge in [0, 0.05) is 23.8 Å². The molecule has 2 nitrogen and oxygen atoms in total. The van der Waals surface area contributed by atoms with E-state index in [4.69, 9.17) is 0 Å². The highest BCUT2D eigenvalue weighted by Crippen LogP contribution is 2.36. The van der Waals surface area contributed by atoms with Crippen LogP contribution in [0.5, 0.6) is 0 Å². The summed E-state index contributed by atoms with van der Waals surface area (Å²) < 4.78 is 0. The van der Waals surface area contributed by atoms with E-state index in [-0.39, 0.29) is 0 Å². The molecule has 3 heteroatoms. The third kappa shape index (κ3) is 2.13. The van der Waals surface area contributed by atoms with Crippen molar-refractivity contribution in [3.05, 3.63) is 42.2 Å². The predicted octanol–water partition coefficient (Wildman–Crippen LogP) is 3.25. The molecule has 0 bridgehead atoms.